The van der Waals surface area contributed by atoms with E-state index < -0.39 is 0 Å². The zero-order chi connectivity index (χ0) is 21.1. The zero-order valence-electron chi connectivity index (χ0n) is 16.9. The van der Waals surface area contributed by atoms with Crippen LogP contribution in [-0.4, -0.2) is 29.6 Å². The maximum Gasteiger partial charge on any atom is 0.259 e. The van der Waals surface area contributed by atoms with Crippen molar-refractivity contribution in [3.63, 3.8) is 0 Å². The quantitative estimate of drug-likeness (QED) is 0.457. The van der Waals surface area contributed by atoms with Gasteiger partial charge in [-0.25, -0.2) is 4.98 Å². The van der Waals surface area contributed by atoms with Crippen LogP contribution in [0.2, 0.25) is 0 Å². The second kappa shape index (κ2) is 8.51. The average molecular weight is 420 g/mol. The highest BCUT2D eigenvalue weighted by atomic mass is 32.1. The molecular formula is C23H21N3O3S. The van der Waals surface area contributed by atoms with Gasteiger partial charge in [0.15, 0.2) is 5.13 Å². The topological polar surface area (TPSA) is 73.3 Å². The lowest BCUT2D eigenvalue weighted by Crippen LogP contribution is -2.14. The normalized spacial score (nSPS) is 10.8. The van der Waals surface area contributed by atoms with E-state index in [0.717, 1.165) is 33.7 Å². The number of amides is 1. The fraction of sp³-hybridized carbons (Fsp3) is 0.174. The van der Waals surface area contributed by atoms with Crippen LogP contribution < -0.4 is 14.8 Å². The summed E-state index contributed by atoms with van der Waals surface area (Å²) in [7, 11) is 1.62. The first-order valence-electron chi connectivity index (χ1n) is 9.53. The van der Waals surface area contributed by atoms with Crippen LogP contribution in [-0.2, 0) is 0 Å². The fourth-order valence-electron chi connectivity index (χ4n) is 3.18. The number of carbonyl (C=O) groups excluding carboxylic acids is 1. The Morgan fingerprint density at radius 3 is 2.77 bits per heavy atom. The smallest absolute Gasteiger partial charge is 0.259 e. The Morgan fingerprint density at radius 1 is 1.13 bits per heavy atom. The molecule has 4 rings (SSSR count). The fourth-order valence-corrected chi connectivity index (χ4v) is 3.88. The molecule has 0 saturated heterocycles. The molecule has 0 radical (unpaired) electrons. The summed E-state index contributed by atoms with van der Waals surface area (Å²) >= 11 is 1.37. The molecule has 4 aromatic rings. The summed E-state index contributed by atoms with van der Waals surface area (Å²) in [5.74, 6) is 1.26. The number of ether oxygens (including phenoxy) is 2. The van der Waals surface area contributed by atoms with E-state index in [0.29, 0.717) is 23.0 Å². The van der Waals surface area contributed by atoms with Gasteiger partial charge in [0.05, 0.1) is 36.2 Å². The number of methoxy groups -OCH3 is 1. The Hall–Kier alpha value is -3.45. The van der Waals surface area contributed by atoms with Crippen molar-refractivity contribution in [1.82, 2.24) is 9.97 Å². The lowest BCUT2D eigenvalue weighted by molar-refractivity contribution is 0.102. The summed E-state index contributed by atoms with van der Waals surface area (Å²) in [6, 6.07) is 15.2. The molecular weight excluding hydrogens is 398 g/mol. The van der Waals surface area contributed by atoms with Crippen LogP contribution >= 0.6 is 11.3 Å². The molecule has 0 atom stereocenters. The van der Waals surface area contributed by atoms with Gasteiger partial charge in [-0.05, 0) is 44.2 Å². The third kappa shape index (κ3) is 3.97. The van der Waals surface area contributed by atoms with Crippen LogP contribution in [0.15, 0.2) is 53.9 Å². The number of thiazole rings is 1. The second-order valence-electron chi connectivity index (χ2n) is 6.60. The van der Waals surface area contributed by atoms with Gasteiger partial charge in [0, 0.05) is 22.4 Å². The van der Waals surface area contributed by atoms with E-state index >= 15 is 0 Å². The molecule has 2 heterocycles. The number of fused-ring (bicyclic) bond motifs is 1. The van der Waals surface area contributed by atoms with E-state index in [9.17, 15) is 4.79 Å². The average Bonchev–Trinajstić information content (AvgIpc) is 3.21. The van der Waals surface area contributed by atoms with Crippen LogP contribution in [0.1, 0.15) is 23.0 Å². The number of hydrogen-bond acceptors (Lipinski definition) is 6. The molecule has 0 bridgehead atoms. The van der Waals surface area contributed by atoms with Gasteiger partial charge in [-0.3, -0.25) is 15.1 Å². The molecule has 0 unspecified atom stereocenters. The van der Waals surface area contributed by atoms with Crippen LogP contribution in [0.25, 0.3) is 22.2 Å². The minimum atomic E-state index is -0.239. The summed E-state index contributed by atoms with van der Waals surface area (Å²) in [5, 5.41) is 6.19. The number of carbonyl (C=O) groups is 1. The first kappa shape index (κ1) is 19.8. The molecule has 30 heavy (non-hydrogen) atoms. The zero-order valence-corrected chi connectivity index (χ0v) is 17.7. The van der Waals surface area contributed by atoms with Gasteiger partial charge >= 0.3 is 0 Å². The molecule has 0 aliphatic heterocycles. The maximum absolute atomic E-state index is 12.9. The van der Waals surface area contributed by atoms with Crippen molar-refractivity contribution in [3.05, 3.63) is 65.2 Å². The molecule has 2 aromatic heterocycles. The van der Waals surface area contributed by atoms with Gasteiger partial charge in [-0.15, -0.1) is 11.3 Å². The summed E-state index contributed by atoms with van der Waals surface area (Å²) in [6.45, 7) is 4.34. The number of benzene rings is 2. The Labute approximate surface area is 178 Å². The lowest BCUT2D eigenvalue weighted by atomic mass is 10.1. The van der Waals surface area contributed by atoms with Crippen LogP contribution in [0.4, 0.5) is 5.13 Å². The van der Waals surface area contributed by atoms with Gasteiger partial charge < -0.3 is 9.47 Å². The van der Waals surface area contributed by atoms with E-state index in [-0.39, 0.29) is 5.91 Å². The summed E-state index contributed by atoms with van der Waals surface area (Å²) in [6.07, 6.45) is 0. The highest BCUT2D eigenvalue weighted by Crippen LogP contribution is 2.32. The van der Waals surface area contributed by atoms with Gasteiger partial charge in [0.25, 0.3) is 5.91 Å². The van der Waals surface area contributed by atoms with Crippen molar-refractivity contribution in [1.29, 1.82) is 0 Å². The predicted octanol–water partition coefficient (Wildman–Crippen LogP) is 5.33. The Balaban J connectivity index is 1.59. The largest absolute Gasteiger partial charge is 0.497 e. The number of aryl methyl sites for hydroxylation is 1. The monoisotopic (exact) mass is 419 g/mol. The minimum absolute atomic E-state index is 0.239. The molecule has 152 valence electrons. The number of nitrogens with one attached hydrogen (secondary N) is 1. The highest BCUT2D eigenvalue weighted by molar-refractivity contribution is 7.14. The molecule has 6 nitrogen and oxygen atoms in total. The SMILES string of the molecule is CCOc1ccccc1-c1csc(NC(=O)c2cc3ccc(OC)cc3nc2C)n1. The van der Waals surface area contributed by atoms with E-state index in [1.807, 2.05) is 67.8 Å². The van der Waals surface area contributed by atoms with Crippen LogP contribution in [0.5, 0.6) is 11.5 Å². The van der Waals surface area contributed by atoms with Crippen molar-refractivity contribution in [2.45, 2.75) is 13.8 Å². The van der Waals surface area contributed by atoms with Gasteiger partial charge in [0.2, 0.25) is 0 Å². The first-order valence-corrected chi connectivity index (χ1v) is 10.4. The summed E-state index contributed by atoms with van der Waals surface area (Å²) in [4.78, 5) is 22.0. The van der Waals surface area contributed by atoms with E-state index in [1.54, 1.807) is 7.11 Å². The van der Waals surface area contributed by atoms with Gasteiger partial charge in [-0.2, -0.15) is 0 Å². The number of pyridine rings is 1. The first-order chi connectivity index (χ1) is 14.6. The van der Waals surface area contributed by atoms with Crippen LogP contribution in [0, 0.1) is 6.92 Å². The molecule has 0 aliphatic rings. The highest BCUT2D eigenvalue weighted by Gasteiger charge is 2.15. The Kier molecular flexibility index (Phi) is 5.63. The molecule has 0 fully saturated rings. The molecule has 1 amide bonds. The van der Waals surface area contributed by atoms with Crippen molar-refractivity contribution in [3.8, 4) is 22.8 Å². The van der Waals surface area contributed by atoms with Crippen molar-refractivity contribution in [2.24, 2.45) is 0 Å². The number of anilines is 1. The number of nitrogens with zero attached hydrogens (tertiary/aromatic N) is 2. The van der Waals surface area contributed by atoms with E-state index in [1.165, 1.54) is 11.3 Å². The standard InChI is InChI=1S/C23H21N3O3S/c1-4-29-21-8-6-5-7-17(21)20-13-30-23(25-20)26-22(27)18-11-15-9-10-16(28-3)12-19(15)24-14(18)2/h5-13H,4H2,1-3H3,(H,25,26,27). The molecule has 2 aromatic carbocycles. The van der Waals surface area contributed by atoms with E-state index in [4.69, 9.17) is 9.47 Å². The number of hydrogen-bond donors (Lipinski definition) is 1. The van der Waals surface area contributed by atoms with Crippen LogP contribution in [0.3, 0.4) is 0 Å². The molecule has 0 aliphatic carbocycles. The van der Waals surface area contributed by atoms with Gasteiger partial charge in [-0.1, -0.05) is 12.1 Å². The van der Waals surface area contributed by atoms with Crippen molar-refractivity contribution < 1.29 is 14.3 Å². The Bertz CT molecular complexity index is 1220. The van der Waals surface area contributed by atoms with Crippen molar-refractivity contribution >= 4 is 33.3 Å². The summed E-state index contributed by atoms with van der Waals surface area (Å²) < 4.78 is 10.9. The minimum Gasteiger partial charge on any atom is -0.497 e. The third-order valence-electron chi connectivity index (χ3n) is 4.65. The Morgan fingerprint density at radius 2 is 1.97 bits per heavy atom. The molecule has 1 N–H and O–H groups in total. The summed E-state index contributed by atoms with van der Waals surface area (Å²) in [5.41, 5.74) is 3.60. The lowest BCUT2D eigenvalue weighted by Gasteiger charge is -2.09. The van der Waals surface area contributed by atoms with Crippen molar-refractivity contribution in [2.75, 3.05) is 19.0 Å². The third-order valence-corrected chi connectivity index (χ3v) is 5.41. The molecule has 0 saturated carbocycles. The molecule has 0 spiro atoms. The maximum atomic E-state index is 12.9. The predicted molar refractivity (Wildman–Crippen MR) is 120 cm³/mol. The number of rotatable bonds is 6. The number of para-hydroxylation sites is 1. The molecule has 7 heteroatoms. The van der Waals surface area contributed by atoms with E-state index in [2.05, 4.69) is 15.3 Å². The number of aromatic nitrogens is 2. The second-order valence-corrected chi connectivity index (χ2v) is 7.46. The van der Waals surface area contributed by atoms with Gasteiger partial charge in [0.1, 0.15) is 11.5 Å².